The maximum absolute atomic E-state index is 10.3. The standard InChI is InChI=1S/C9H14N4O3/c1-6(2)8(14)5-12-9-10-3-7(4-11-9)13(15)16/h3-4,6,8,14H,5H2,1-2H3,(H,10,11,12). The lowest BCUT2D eigenvalue weighted by Gasteiger charge is -2.14. The number of aromatic nitrogens is 2. The third-order valence-electron chi connectivity index (χ3n) is 2.09. The molecule has 1 aromatic rings. The molecule has 0 aromatic carbocycles. The monoisotopic (exact) mass is 226 g/mol. The van der Waals surface area contributed by atoms with E-state index in [4.69, 9.17) is 0 Å². The molecule has 0 spiro atoms. The Morgan fingerprint density at radius 3 is 2.50 bits per heavy atom. The Hall–Kier alpha value is -1.76. The summed E-state index contributed by atoms with van der Waals surface area (Å²) in [5, 5.41) is 22.6. The molecule has 7 nitrogen and oxygen atoms in total. The molecule has 1 atom stereocenters. The van der Waals surface area contributed by atoms with Gasteiger partial charge in [-0.05, 0) is 5.92 Å². The molecule has 0 saturated heterocycles. The molecule has 0 aliphatic heterocycles. The van der Waals surface area contributed by atoms with Crippen LogP contribution in [0.25, 0.3) is 0 Å². The van der Waals surface area contributed by atoms with E-state index in [1.165, 1.54) is 0 Å². The summed E-state index contributed by atoms with van der Waals surface area (Å²) in [7, 11) is 0. The van der Waals surface area contributed by atoms with Crippen molar-refractivity contribution in [2.75, 3.05) is 11.9 Å². The molecule has 0 saturated carbocycles. The van der Waals surface area contributed by atoms with Crippen LogP contribution < -0.4 is 5.32 Å². The minimum Gasteiger partial charge on any atom is -0.391 e. The van der Waals surface area contributed by atoms with Crippen molar-refractivity contribution in [1.82, 2.24) is 9.97 Å². The number of anilines is 1. The average molecular weight is 226 g/mol. The number of aliphatic hydroxyl groups excluding tert-OH is 1. The predicted molar refractivity (Wildman–Crippen MR) is 58.0 cm³/mol. The topological polar surface area (TPSA) is 101 Å². The van der Waals surface area contributed by atoms with Gasteiger partial charge in [0.2, 0.25) is 5.95 Å². The maximum Gasteiger partial charge on any atom is 0.305 e. The van der Waals surface area contributed by atoms with E-state index in [0.29, 0.717) is 6.54 Å². The fourth-order valence-corrected chi connectivity index (χ4v) is 0.938. The molecule has 7 heteroatoms. The lowest BCUT2D eigenvalue weighted by molar-refractivity contribution is -0.385. The van der Waals surface area contributed by atoms with Crippen molar-refractivity contribution in [3.8, 4) is 0 Å². The number of nitrogens with one attached hydrogen (secondary N) is 1. The minimum absolute atomic E-state index is 0.130. The molecule has 1 heterocycles. The second-order valence-corrected chi connectivity index (χ2v) is 3.71. The van der Waals surface area contributed by atoms with E-state index in [0.717, 1.165) is 12.4 Å². The molecule has 0 radical (unpaired) electrons. The van der Waals surface area contributed by atoms with Crippen LogP contribution in [0.3, 0.4) is 0 Å². The quantitative estimate of drug-likeness (QED) is 0.569. The van der Waals surface area contributed by atoms with Crippen molar-refractivity contribution in [3.63, 3.8) is 0 Å². The van der Waals surface area contributed by atoms with Crippen LogP contribution in [0.15, 0.2) is 12.4 Å². The van der Waals surface area contributed by atoms with Crippen LogP contribution in [0, 0.1) is 16.0 Å². The minimum atomic E-state index is -0.563. The van der Waals surface area contributed by atoms with Crippen molar-refractivity contribution < 1.29 is 10.0 Å². The summed E-state index contributed by atoms with van der Waals surface area (Å²) in [6.07, 6.45) is 1.74. The molecule has 0 fully saturated rings. The van der Waals surface area contributed by atoms with E-state index in [1.54, 1.807) is 0 Å². The van der Waals surface area contributed by atoms with Gasteiger partial charge in [-0.15, -0.1) is 0 Å². The van der Waals surface area contributed by atoms with Gasteiger partial charge < -0.3 is 10.4 Å². The van der Waals surface area contributed by atoms with E-state index >= 15 is 0 Å². The molecule has 0 amide bonds. The highest BCUT2D eigenvalue weighted by Crippen LogP contribution is 2.08. The first-order valence-electron chi connectivity index (χ1n) is 4.89. The molecule has 88 valence electrons. The van der Waals surface area contributed by atoms with Gasteiger partial charge in [-0.1, -0.05) is 13.8 Å². The van der Waals surface area contributed by atoms with E-state index in [9.17, 15) is 15.2 Å². The Morgan fingerprint density at radius 2 is 2.06 bits per heavy atom. The Morgan fingerprint density at radius 1 is 1.50 bits per heavy atom. The first-order valence-corrected chi connectivity index (χ1v) is 4.89. The number of hydrogen-bond acceptors (Lipinski definition) is 6. The number of nitrogens with zero attached hydrogens (tertiary/aromatic N) is 3. The molecular weight excluding hydrogens is 212 g/mol. The van der Waals surface area contributed by atoms with Crippen molar-refractivity contribution in [2.45, 2.75) is 20.0 Å². The van der Waals surface area contributed by atoms with E-state index in [-0.39, 0.29) is 17.6 Å². The van der Waals surface area contributed by atoms with Crippen molar-refractivity contribution >= 4 is 11.6 Å². The zero-order valence-corrected chi connectivity index (χ0v) is 9.12. The highest BCUT2D eigenvalue weighted by atomic mass is 16.6. The van der Waals surface area contributed by atoms with E-state index < -0.39 is 11.0 Å². The van der Waals surface area contributed by atoms with Crippen molar-refractivity contribution in [1.29, 1.82) is 0 Å². The van der Waals surface area contributed by atoms with Gasteiger partial charge in [-0.3, -0.25) is 10.1 Å². The molecule has 0 aliphatic rings. The van der Waals surface area contributed by atoms with Crippen LogP contribution in [0.4, 0.5) is 11.6 Å². The Labute approximate surface area is 92.7 Å². The van der Waals surface area contributed by atoms with Gasteiger partial charge in [-0.2, -0.15) is 0 Å². The fraction of sp³-hybridized carbons (Fsp3) is 0.556. The Bertz CT molecular complexity index is 352. The number of aliphatic hydroxyl groups is 1. The van der Waals surface area contributed by atoms with E-state index in [2.05, 4.69) is 15.3 Å². The average Bonchev–Trinajstić information content (AvgIpc) is 2.26. The second kappa shape index (κ2) is 5.36. The number of hydrogen-bond donors (Lipinski definition) is 2. The number of nitro groups is 1. The van der Waals surface area contributed by atoms with Crippen LogP contribution >= 0.6 is 0 Å². The molecule has 0 aliphatic carbocycles. The smallest absolute Gasteiger partial charge is 0.305 e. The van der Waals surface area contributed by atoms with Crippen LogP contribution in [0.5, 0.6) is 0 Å². The fourth-order valence-electron chi connectivity index (χ4n) is 0.938. The summed E-state index contributed by atoms with van der Waals surface area (Å²) in [5.74, 6) is 0.399. The number of rotatable bonds is 5. The van der Waals surface area contributed by atoms with Gasteiger partial charge in [0.05, 0.1) is 11.0 Å². The Balaban J connectivity index is 2.53. The van der Waals surface area contributed by atoms with Gasteiger partial charge in [-0.25, -0.2) is 9.97 Å². The summed E-state index contributed by atoms with van der Waals surface area (Å²) in [5.41, 5.74) is -0.157. The summed E-state index contributed by atoms with van der Waals surface area (Å²) in [6, 6.07) is 0. The molecule has 1 rings (SSSR count). The van der Waals surface area contributed by atoms with Crippen LogP contribution in [0.2, 0.25) is 0 Å². The van der Waals surface area contributed by atoms with Crippen molar-refractivity contribution in [2.24, 2.45) is 5.92 Å². The highest BCUT2D eigenvalue weighted by Gasteiger charge is 2.10. The van der Waals surface area contributed by atoms with Gasteiger partial charge in [0.1, 0.15) is 12.4 Å². The molecule has 16 heavy (non-hydrogen) atoms. The Kier molecular flexibility index (Phi) is 4.12. The molecule has 2 N–H and O–H groups in total. The largest absolute Gasteiger partial charge is 0.391 e. The first kappa shape index (κ1) is 12.3. The SMILES string of the molecule is CC(C)C(O)CNc1ncc([N+](=O)[O-])cn1. The zero-order chi connectivity index (χ0) is 12.1. The van der Waals surface area contributed by atoms with Crippen LogP contribution in [-0.4, -0.2) is 32.6 Å². The maximum atomic E-state index is 10.3. The first-order chi connectivity index (χ1) is 7.50. The van der Waals surface area contributed by atoms with Crippen LogP contribution in [0.1, 0.15) is 13.8 Å². The van der Waals surface area contributed by atoms with Gasteiger partial charge >= 0.3 is 5.69 Å². The third-order valence-corrected chi connectivity index (χ3v) is 2.09. The van der Waals surface area contributed by atoms with Crippen LogP contribution in [-0.2, 0) is 0 Å². The molecule has 0 bridgehead atoms. The van der Waals surface area contributed by atoms with E-state index in [1.807, 2.05) is 13.8 Å². The summed E-state index contributed by atoms with van der Waals surface area (Å²) >= 11 is 0. The summed E-state index contributed by atoms with van der Waals surface area (Å²) in [4.78, 5) is 17.3. The van der Waals surface area contributed by atoms with Crippen molar-refractivity contribution in [3.05, 3.63) is 22.5 Å². The van der Waals surface area contributed by atoms with Gasteiger partial charge in [0, 0.05) is 6.54 Å². The normalized spacial score (nSPS) is 12.5. The second-order valence-electron chi connectivity index (χ2n) is 3.71. The van der Waals surface area contributed by atoms with Gasteiger partial charge in [0.25, 0.3) is 0 Å². The summed E-state index contributed by atoms with van der Waals surface area (Å²) in [6.45, 7) is 4.10. The molecule has 1 unspecified atom stereocenters. The molecular formula is C9H14N4O3. The predicted octanol–water partition coefficient (Wildman–Crippen LogP) is 0.814. The molecule has 1 aromatic heterocycles. The lowest BCUT2D eigenvalue weighted by Crippen LogP contribution is -2.25. The lowest BCUT2D eigenvalue weighted by atomic mass is 10.1. The van der Waals surface area contributed by atoms with Gasteiger partial charge in [0.15, 0.2) is 0 Å². The zero-order valence-electron chi connectivity index (χ0n) is 9.12. The highest BCUT2D eigenvalue weighted by molar-refractivity contribution is 5.30. The summed E-state index contributed by atoms with van der Waals surface area (Å²) < 4.78 is 0. The third kappa shape index (κ3) is 3.43.